The van der Waals surface area contributed by atoms with Gasteiger partial charge >= 0.3 is 0 Å². The molecule has 5 rings (SSSR count). The summed E-state index contributed by atoms with van der Waals surface area (Å²) in [6, 6.07) is 7.41. The SMILES string of the molecule is O=C1[C@@H]2[C@@H](C(=O)N1c1ncn(Cc3ccc(Cl)cc3)n1)[C@H]1CC[C@@H]2O1. The average molecular weight is 359 g/mol. The Kier molecular flexibility index (Phi) is 3.23. The summed E-state index contributed by atoms with van der Waals surface area (Å²) >= 11 is 5.89. The van der Waals surface area contributed by atoms with Crippen LogP contribution in [0.2, 0.25) is 5.02 Å². The zero-order valence-corrected chi connectivity index (χ0v) is 14.0. The quantitative estimate of drug-likeness (QED) is 0.780. The molecule has 3 aliphatic heterocycles. The second-order valence-corrected chi connectivity index (χ2v) is 7.16. The molecule has 8 heteroatoms. The molecule has 128 valence electrons. The molecule has 0 N–H and O–H groups in total. The van der Waals surface area contributed by atoms with Crippen molar-refractivity contribution in [3.63, 3.8) is 0 Å². The van der Waals surface area contributed by atoms with Crippen molar-refractivity contribution < 1.29 is 14.3 Å². The molecule has 4 atom stereocenters. The van der Waals surface area contributed by atoms with Crippen molar-refractivity contribution in [3.05, 3.63) is 41.2 Å². The van der Waals surface area contributed by atoms with Crippen molar-refractivity contribution >= 4 is 29.4 Å². The first-order valence-corrected chi connectivity index (χ1v) is 8.67. The molecule has 2 bridgehead atoms. The summed E-state index contributed by atoms with van der Waals surface area (Å²) in [6.07, 6.45) is 2.96. The number of imide groups is 1. The Morgan fingerprint density at radius 2 is 1.72 bits per heavy atom. The minimum absolute atomic E-state index is 0.132. The third-order valence-electron chi connectivity index (χ3n) is 5.27. The molecule has 0 aliphatic carbocycles. The van der Waals surface area contributed by atoms with Gasteiger partial charge in [-0.3, -0.25) is 9.59 Å². The lowest BCUT2D eigenvalue weighted by atomic mass is 9.81. The summed E-state index contributed by atoms with van der Waals surface area (Å²) in [5.41, 5.74) is 1.00. The van der Waals surface area contributed by atoms with Crippen LogP contribution in [0.1, 0.15) is 18.4 Å². The highest BCUT2D eigenvalue weighted by atomic mass is 35.5. The molecule has 1 aromatic heterocycles. The third-order valence-corrected chi connectivity index (χ3v) is 5.52. The minimum Gasteiger partial charge on any atom is -0.373 e. The van der Waals surface area contributed by atoms with Crippen molar-refractivity contribution in [2.24, 2.45) is 11.8 Å². The van der Waals surface area contributed by atoms with Gasteiger partial charge in [0, 0.05) is 5.02 Å². The molecule has 4 heterocycles. The number of hydrogen-bond donors (Lipinski definition) is 0. The molecule has 2 aromatic rings. The number of benzene rings is 1. The summed E-state index contributed by atoms with van der Waals surface area (Å²) in [5.74, 6) is -1.04. The highest BCUT2D eigenvalue weighted by Crippen LogP contribution is 2.48. The predicted octanol–water partition coefficient (Wildman–Crippen LogP) is 1.65. The van der Waals surface area contributed by atoms with Crippen LogP contribution in [0, 0.1) is 11.8 Å². The molecule has 25 heavy (non-hydrogen) atoms. The predicted molar refractivity (Wildman–Crippen MR) is 87.9 cm³/mol. The zero-order chi connectivity index (χ0) is 17.1. The lowest BCUT2D eigenvalue weighted by Gasteiger charge is -2.14. The van der Waals surface area contributed by atoms with E-state index >= 15 is 0 Å². The van der Waals surface area contributed by atoms with E-state index in [4.69, 9.17) is 16.3 Å². The lowest BCUT2D eigenvalue weighted by molar-refractivity contribution is -0.124. The standard InChI is InChI=1S/C17H15ClN4O3/c18-10-3-1-9(2-4-10)7-21-8-19-17(20-21)22-15(23)13-11-5-6-12(25-11)14(13)16(22)24/h1-4,8,11-14H,5-7H2/t11-,12+,13-,14-/m0/s1. The Morgan fingerprint density at radius 3 is 2.36 bits per heavy atom. The fraction of sp³-hybridized carbons (Fsp3) is 0.412. The highest BCUT2D eigenvalue weighted by molar-refractivity contribution is 6.30. The Hall–Kier alpha value is -2.25. The molecule has 0 saturated carbocycles. The minimum atomic E-state index is -0.366. The smallest absolute Gasteiger partial charge is 0.258 e. The number of anilines is 1. The molecule has 0 radical (unpaired) electrons. The van der Waals surface area contributed by atoms with Gasteiger partial charge in [-0.05, 0) is 30.5 Å². The van der Waals surface area contributed by atoms with Crippen LogP contribution in [0.3, 0.4) is 0 Å². The summed E-state index contributed by atoms with van der Waals surface area (Å²) in [4.78, 5) is 30.7. The van der Waals surface area contributed by atoms with Crippen LogP contribution in [0.25, 0.3) is 0 Å². The molecule has 3 aliphatic rings. The van der Waals surface area contributed by atoms with E-state index in [0.29, 0.717) is 11.6 Å². The maximum absolute atomic E-state index is 12.7. The normalized spacial score (nSPS) is 30.4. The van der Waals surface area contributed by atoms with E-state index in [1.54, 1.807) is 16.8 Å². The maximum atomic E-state index is 12.7. The second kappa shape index (κ2) is 5.37. The van der Waals surface area contributed by atoms with Gasteiger partial charge in [0.15, 0.2) is 0 Å². The number of carbonyl (C=O) groups is 2. The van der Waals surface area contributed by atoms with Crippen LogP contribution in [-0.2, 0) is 20.9 Å². The van der Waals surface area contributed by atoms with E-state index in [-0.39, 0.29) is 41.8 Å². The van der Waals surface area contributed by atoms with Crippen LogP contribution < -0.4 is 4.90 Å². The number of nitrogens with zero attached hydrogens (tertiary/aromatic N) is 4. The highest BCUT2D eigenvalue weighted by Gasteiger charge is 2.63. The van der Waals surface area contributed by atoms with E-state index in [1.807, 2.05) is 12.1 Å². The largest absolute Gasteiger partial charge is 0.373 e. The van der Waals surface area contributed by atoms with E-state index in [2.05, 4.69) is 10.1 Å². The lowest BCUT2D eigenvalue weighted by Crippen LogP contribution is -2.35. The van der Waals surface area contributed by atoms with E-state index < -0.39 is 0 Å². The molecule has 3 fully saturated rings. The first-order chi connectivity index (χ1) is 12.1. The van der Waals surface area contributed by atoms with Crippen molar-refractivity contribution in [1.29, 1.82) is 0 Å². The Labute approximate surface area is 148 Å². The van der Waals surface area contributed by atoms with Crippen LogP contribution in [0.15, 0.2) is 30.6 Å². The van der Waals surface area contributed by atoms with E-state index in [1.165, 1.54) is 6.33 Å². The van der Waals surface area contributed by atoms with Gasteiger partial charge in [0.2, 0.25) is 11.8 Å². The van der Waals surface area contributed by atoms with Gasteiger partial charge in [0.05, 0.1) is 30.6 Å². The van der Waals surface area contributed by atoms with Crippen LogP contribution in [0.5, 0.6) is 0 Å². The number of halogens is 1. The molecule has 1 aromatic carbocycles. The molecular weight excluding hydrogens is 344 g/mol. The zero-order valence-electron chi connectivity index (χ0n) is 13.2. The molecule has 3 saturated heterocycles. The molecule has 2 amide bonds. The van der Waals surface area contributed by atoms with Crippen molar-refractivity contribution in [2.75, 3.05) is 4.90 Å². The first-order valence-electron chi connectivity index (χ1n) is 8.29. The van der Waals surface area contributed by atoms with Gasteiger partial charge in [0.25, 0.3) is 5.95 Å². The van der Waals surface area contributed by atoms with Gasteiger partial charge in [-0.1, -0.05) is 23.7 Å². The van der Waals surface area contributed by atoms with Gasteiger partial charge in [0.1, 0.15) is 6.33 Å². The first kappa shape index (κ1) is 15.0. The maximum Gasteiger partial charge on any atom is 0.258 e. The molecule has 0 spiro atoms. The summed E-state index contributed by atoms with van der Waals surface area (Å²) < 4.78 is 7.34. The summed E-state index contributed by atoms with van der Waals surface area (Å²) in [6.45, 7) is 0.488. The topological polar surface area (TPSA) is 77.3 Å². The third kappa shape index (κ3) is 2.22. The number of fused-ring (bicyclic) bond motifs is 5. The molecule has 0 unspecified atom stereocenters. The second-order valence-electron chi connectivity index (χ2n) is 6.72. The molecule has 7 nitrogen and oxygen atoms in total. The average Bonchev–Trinajstić information content (AvgIpc) is 3.35. The van der Waals surface area contributed by atoms with Crippen LogP contribution in [-0.4, -0.2) is 38.8 Å². The number of carbonyl (C=O) groups excluding carboxylic acids is 2. The van der Waals surface area contributed by atoms with Gasteiger partial charge < -0.3 is 4.74 Å². The number of ether oxygens (including phenoxy) is 1. The van der Waals surface area contributed by atoms with Crippen molar-refractivity contribution in [2.45, 2.75) is 31.6 Å². The van der Waals surface area contributed by atoms with E-state index in [9.17, 15) is 9.59 Å². The number of rotatable bonds is 3. The fourth-order valence-corrected chi connectivity index (χ4v) is 4.28. The Morgan fingerprint density at radius 1 is 1.08 bits per heavy atom. The Bertz CT molecular complexity index is 837. The van der Waals surface area contributed by atoms with E-state index in [0.717, 1.165) is 23.3 Å². The van der Waals surface area contributed by atoms with Crippen LogP contribution in [0.4, 0.5) is 5.95 Å². The summed E-state index contributed by atoms with van der Waals surface area (Å²) in [7, 11) is 0. The van der Waals surface area contributed by atoms with Gasteiger partial charge in [-0.25, -0.2) is 9.58 Å². The fourth-order valence-electron chi connectivity index (χ4n) is 4.15. The number of hydrogen-bond acceptors (Lipinski definition) is 5. The number of amides is 2. The van der Waals surface area contributed by atoms with Gasteiger partial charge in [-0.15, -0.1) is 5.10 Å². The Balaban J connectivity index is 1.39. The number of aromatic nitrogens is 3. The van der Waals surface area contributed by atoms with Gasteiger partial charge in [-0.2, -0.15) is 4.98 Å². The molecular formula is C17H15ClN4O3. The van der Waals surface area contributed by atoms with Crippen molar-refractivity contribution in [1.82, 2.24) is 14.8 Å². The van der Waals surface area contributed by atoms with Crippen molar-refractivity contribution in [3.8, 4) is 0 Å². The monoisotopic (exact) mass is 358 g/mol. The summed E-state index contributed by atoms with van der Waals surface area (Å²) in [5, 5.41) is 4.99. The van der Waals surface area contributed by atoms with Crippen LogP contribution >= 0.6 is 11.6 Å².